The quantitative estimate of drug-likeness (QED) is 0.669. The standard InChI is InChI=1S/C19H16N2OS/c1-13-20-18-15-9-5-6-10-16(15)21(12-11-17(18)23-13)19(22)14-7-3-2-4-8-14/h2-10H,11-12H2,1H3. The number of aryl methyl sites for hydroxylation is 1. The van der Waals surface area contributed by atoms with Gasteiger partial charge in [-0.3, -0.25) is 4.79 Å². The van der Waals surface area contributed by atoms with Crippen molar-refractivity contribution in [2.24, 2.45) is 0 Å². The number of thiazole rings is 1. The number of hydrogen-bond acceptors (Lipinski definition) is 3. The number of carbonyl (C=O) groups is 1. The van der Waals surface area contributed by atoms with Gasteiger partial charge in [-0.25, -0.2) is 4.98 Å². The van der Waals surface area contributed by atoms with Crippen molar-refractivity contribution in [3.63, 3.8) is 0 Å². The van der Waals surface area contributed by atoms with Crippen LogP contribution in [0.15, 0.2) is 54.6 Å². The van der Waals surface area contributed by atoms with E-state index in [1.165, 1.54) is 4.88 Å². The van der Waals surface area contributed by atoms with Crippen LogP contribution in [0.5, 0.6) is 0 Å². The maximum absolute atomic E-state index is 13.0. The van der Waals surface area contributed by atoms with E-state index in [0.717, 1.165) is 33.9 Å². The van der Waals surface area contributed by atoms with Crippen molar-refractivity contribution in [3.8, 4) is 11.3 Å². The Morgan fingerprint density at radius 2 is 1.83 bits per heavy atom. The molecule has 0 saturated heterocycles. The number of aromatic nitrogens is 1. The minimum Gasteiger partial charge on any atom is -0.307 e. The first kappa shape index (κ1) is 14.2. The number of nitrogens with zero attached hydrogens (tertiary/aromatic N) is 2. The molecular weight excluding hydrogens is 304 g/mol. The fourth-order valence-electron chi connectivity index (χ4n) is 3.04. The van der Waals surface area contributed by atoms with Crippen LogP contribution in [-0.2, 0) is 6.42 Å². The Morgan fingerprint density at radius 1 is 1.09 bits per heavy atom. The van der Waals surface area contributed by atoms with Crippen molar-refractivity contribution in [3.05, 3.63) is 70.0 Å². The summed E-state index contributed by atoms with van der Waals surface area (Å²) in [4.78, 5) is 20.8. The summed E-state index contributed by atoms with van der Waals surface area (Å²) in [6.07, 6.45) is 0.841. The fraction of sp³-hybridized carbons (Fsp3) is 0.158. The number of anilines is 1. The third kappa shape index (κ3) is 2.45. The van der Waals surface area contributed by atoms with Gasteiger partial charge in [0.15, 0.2) is 0 Å². The van der Waals surface area contributed by atoms with E-state index in [4.69, 9.17) is 4.98 Å². The minimum atomic E-state index is 0.0462. The molecule has 0 spiro atoms. The summed E-state index contributed by atoms with van der Waals surface area (Å²) in [5, 5.41) is 1.08. The van der Waals surface area contributed by atoms with Crippen LogP contribution < -0.4 is 4.90 Å². The number of benzene rings is 2. The van der Waals surface area contributed by atoms with Crippen LogP contribution in [0.1, 0.15) is 20.2 Å². The lowest BCUT2D eigenvalue weighted by molar-refractivity contribution is 0.0987. The van der Waals surface area contributed by atoms with Gasteiger partial charge in [0.1, 0.15) is 0 Å². The average Bonchev–Trinajstić information content (AvgIpc) is 2.89. The molecule has 2 heterocycles. The molecule has 0 unspecified atom stereocenters. The molecule has 0 bridgehead atoms. The number of fused-ring (bicyclic) bond motifs is 3. The summed E-state index contributed by atoms with van der Waals surface area (Å²) >= 11 is 1.73. The molecule has 1 aromatic heterocycles. The zero-order valence-electron chi connectivity index (χ0n) is 12.8. The third-order valence-electron chi connectivity index (χ3n) is 4.08. The van der Waals surface area contributed by atoms with Crippen molar-refractivity contribution in [2.75, 3.05) is 11.4 Å². The summed E-state index contributed by atoms with van der Waals surface area (Å²) in [5.74, 6) is 0.0462. The monoisotopic (exact) mass is 320 g/mol. The Balaban J connectivity index is 1.83. The van der Waals surface area contributed by atoms with Crippen LogP contribution in [0.25, 0.3) is 11.3 Å². The smallest absolute Gasteiger partial charge is 0.258 e. The van der Waals surface area contributed by atoms with Crippen molar-refractivity contribution in [1.29, 1.82) is 0 Å². The van der Waals surface area contributed by atoms with Crippen molar-refractivity contribution >= 4 is 22.9 Å². The van der Waals surface area contributed by atoms with Gasteiger partial charge < -0.3 is 4.90 Å². The maximum atomic E-state index is 13.0. The SMILES string of the molecule is Cc1nc2c(s1)CCN(C(=O)c1ccccc1)c1ccccc1-2. The average molecular weight is 320 g/mol. The first-order valence-electron chi connectivity index (χ1n) is 7.66. The van der Waals surface area contributed by atoms with Gasteiger partial charge in [-0.05, 0) is 25.1 Å². The van der Waals surface area contributed by atoms with Crippen molar-refractivity contribution in [2.45, 2.75) is 13.3 Å². The molecule has 2 aromatic carbocycles. The largest absolute Gasteiger partial charge is 0.307 e. The predicted molar refractivity (Wildman–Crippen MR) is 94.1 cm³/mol. The van der Waals surface area contributed by atoms with Crippen molar-refractivity contribution < 1.29 is 4.79 Å². The molecule has 1 aliphatic rings. The molecule has 0 saturated carbocycles. The minimum absolute atomic E-state index is 0.0462. The first-order valence-corrected chi connectivity index (χ1v) is 8.48. The molecule has 4 rings (SSSR count). The lowest BCUT2D eigenvalue weighted by Crippen LogP contribution is -2.32. The second kappa shape index (κ2) is 5.63. The predicted octanol–water partition coefficient (Wildman–Crippen LogP) is 4.32. The summed E-state index contributed by atoms with van der Waals surface area (Å²) in [7, 11) is 0. The highest BCUT2D eigenvalue weighted by molar-refractivity contribution is 7.12. The molecule has 4 heteroatoms. The Kier molecular flexibility index (Phi) is 3.46. The second-order valence-corrected chi connectivity index (χ2v) is 6.88. The van der Waals surface area contributed by atoms with Gasteiger partial charge in [0.2, 0.25) is 0 Å². The third-order valence-corrected chi connectivity index (χ3v) is 5.11. The number of rotatable bonds is 1. The van der Waals surface area contributed by atoms with Gasteiger partial charge in [0.05, 0.1) is 16.4 Å². The first-order chi connectivity index (χ1) is 11.2. The Morgan fingerprint density at radius 3 is 2.65 bits per heavy atom. The fourth-order valence-corrected chi connectivity index (χ4v) is 3.98. The molecule has 1 amide bonds. The van der Waals surface area contributed by atoms with E-state index in [9.17, 15) is 4.79 Å². The molecule has 0 radical (unpaired) electrons. The molecule has 0 fully saturated rings. The zero-order chi connectivity index (χ0) is 15.8. The summed E-state index contributed by atoms with van der Waals surface area (Å²) in [6.45, 7) is 2.72. The van der Waals surface area contributed by atoms with E-state index in [2.05, 4.69) is 6.07 Å². The van der Waals surface area contributed by atoms with E-state index < -0.39 is 0 Å². The molecule has 1 aliphatic heterocycles. The van der Waals surface area contributed by atoms with Crippen LogP contribution in [0, 0.1) is 6.92 Å². The molecular formula is C19H16N2OS. The number of carbonyl (C=O) groups excluding carboxylic acids is 1. The summed E-state index contributed by atoms with van der Waals surface area (Å²) in [5.41, 5.74) is 3.75. The van der Waals surface area contributed by atoms with Gasteiger partial charge in [-0.15, -0.1) is 11.3 Å². The van der Waals surface area contributed by atoms with Crippen LogP contribution >= 0.6 is 11.3 Å². The summed E-state index contributed by atoms with van der Waals surface area (Å²) in [6, 6.07) is 17.5. The molecule has 23 heavy (non-hydrogen) atoms. The highest BCUT2D eigenvalue weighted by atomic mass is 32.1. The normalized spacial score (nSPS) is 13.2. The summed E-state index contributed by atoms with van der Waals surface area (Å²) < 4.78 is 0. The van der Waals surface area contributed by atoms with E-state index in [0.29, 0.717) is 6.54 Å². The number of amides is 1. The van der Waals surface area contributed by atoms with E-state index in [1.807, 2.05) is 60.4 Å². The molecule has 0 N–H and O–H groups in total. The van der Waals surface area contributed by atoms with Gasteiger partial charge in [0.25, 0.3) is 5.91 Å². The molecule has 3 nitrogen and oxygen atoms in total. The number of para-hydroxylation sites is 1. The van der Waals surface area contributed by atoms with Crippen LogP contribution in [-0.4, -0.2) is 17.4 Å². The van der Waals surface area contributed by atoms with Gasteiger partial charge in [0, 0.05) is 29.0 Å². The van der Waals surface area contributed by atoms with Crippen molar-refractivity contribution in [1.82, 2.24) is 4.98 Å². The topological polar surface area (TPSA) is 33.2 Å². The molecule has 0 atom stereocenters. The van der Waals surface area contributed by atoms with Crippen LogP contribution in [0.4, 0.5) is 5.69 Å². The maximum Gasteiger partial charge on any atom is 0.258 e. The zero-order valence-corrected chi connectivity index (χ0v) is 13.6. The second-order valence-electron chi connectivity index (χ2n) is 5.59. The highest BCUT2D eigenvalue weighted by Gasteiger charge is 2.26. The number of hydrogen-bond donors (Lipinski definition) is 0. The van der Waals surface area contributed by atoms with E-state index >= 15 is 0 Å². The van der Waals surface area contributed by atoms with Crippen LogP contribution in [0.2, 0.25) is 0 Å². The highest BCUT2D eigenvalue weighted by Crippen LogP contribution is 2.38. The molecule has 0 aliphatic carbocycles. The molecule has 114 valence electrons. The Labute approximate surface area is 139 Å². The van der Waals surface area contributed by atoms with Crippen LogP contribution in [0.3, 0.4) is 0 Å². The molecule has 3 aromatic rings. The van der Waals surface area contributed by atoms with Gasteiger partial charge >= 0.3 is 0 Å². The lowest BCUT2D eigenvalue weighted by atomic mass is 10.1. The van der Waals surface area contributed by atoms with Gasteiger partial charge in [-0.1, -0.05) is 36.4 Å². The van der Waals surface area contributed by atoms with Gasteiger partial charge in [-0.2, -0.15) is 0 Å². The lowest BCUT2D eigenvalue weighted by Gasteiger charge is -2.23. The Bertz CT molecular complexity index is 870. The Hall–Kier alpha value is -2.46. The van der Waals surface area contributed by atoms with E-state index in [-0.39, 0.29) is 5.91 Å². The van der Waals surface area contributed by atoms with E-state index in [1.54, 1.807) is 11.3 Å².